The summed E-state index contributed by atoms with van der Waals surface area (Å²) in [5, 5.41) is 0. The predicted octanol–water partition coefficient (Wildman–Crippen LogP) is 5.64. The molecule has 1 unspecified atom stereocenters. The molecule has 3 nitrogen and oxygen atoms in total. The highest BCUT2D eigenvalue weighted by atomic mass is 79.9. The fraction of sp³-hybridized carbons (Fsp3) is 0.182. The summed E-state index contributed by atoms with van der Waals surface area (Å²) in [5.41, 5.74) is 1.09. The number of benzene rings is 2. The van der Waals surface area contributed by atoms with Gasteiger partial charge in [-0.25, -0.2) is 9.37 Å². The van der Waals surface area contributed by atoms with Gasteiger partial charge in [0, 0.05) is 21.6 Å². The normalized spacial score (nSPS) is 13.0. The van der Waals surface area contributed by atoms with E-state index in [1.54, 1.807) is 32.4 Å². The van der Waals surface area contributed by atoms with Crippen molar-refractivity contribution >= 4 is 33.5 Å². The molecule has 0 fully saturated rings. The van der Waals surface area contributed by atoms with Gasteiger partial charge in [0.2, 0.25) is 5.88 Å². The fourth-order valence-corrected chi connectivity index (χ4v) is 4.41. The third kappa shape index (κ3) is 3.59. The number of pyridine rings is 1. The summed E-state index contributed by atoms with van der Waals surface area (Å²) < 4.78 is 20.0. The minimum absolute atomic E-state index is 0.0799. The minimum atomic E-state index is -1.12. The van der Waals surface area contributed by atoms with Crippen LogP contribution in [0.25, 0.3) is 0 Å². The van der Waals surface area contributed by atoms with E-state index < -0.39 is 5.41 Å². The van der Waals surface area contributed by atoms with Gasteiger partial charge in [-0.2, -0.15) is 0 Å². The Hall–Kier alpha value is -2.18. The average Bonchev–Trinajstić information content (AvgIpc) is 2.70. The van der Waals surface area contributed by atoms with E-state index in [4.69, 9.17) is 4.74 Å². The third-order valence-electron chi connectivity index (χ3n) is 4.75. The van der Waals surface area contributed by atoms with E-state index in [2.05, 4.69) is 20.9 Å². The van der Waals surface area contributed by atoms with Crippen LogP contribution >= 0.6 is 27.7 Å². The number of methoxy groups -OCH3 is 1. The van der Waals surface area contributed by atoms with E-state index in [1.165, 1.54) is 23.9 Å². The molecule has 0 saturated carbocycles. The molecule has 3 aromatic rings. The molecule has 0 N–H and O–H groups in total. The molecule has 0 aliphatic rings. The molecule has 0 aliphatic carbocycles. The van der Waals surface area contributed by atoms with Gasteiger partial charge in [0.05, 0.1) is 7.11 Å². The first kappa shape index (κ1) is 20.6. The van der Waals surface area contributed by atoms with Gasteiger partial charge in [0.25, 0.3) is 0 Å². The Balaban J connectivity index is 2.40. The first-order valence-electron chi connectivity index (χ1n) is 8.55. The molecule has 1 atom stereocenters. The van der Waals surface area contributed by atoms with Crippen molar-refractivity contribution < 1.29 is 13.9 Å². The quantitative estimate of drug-likeness (QED) is 0.447. The third-order valence-corrected chi connectivity index (χ3v) is 6.06. The molecule has 0 spiro atoms. The zero-order valence-corrected chi connectivity index (χ0v) is 18.1. The first-order chi connectivity index (χ1) is 13.4. The Kier molecular flexibility index (Phi) is 6.20. The molecule has 0 radical (unpaired) electrons. The summed E-state index contributed by atoms with van der Waals surface area (Å²) >= 11 is 4.86. The van der Waals surface area contributed by atoms with Gasteiger partial charge in [-0.3, -0.25) is 4.79 Å². The minimum Gasteiger partial charge on any atom is -0.481 e. The molecule has 3 rings (SSSR count). The van der Waals surface area contributed by atoms with Crippen LogP contribution < -0.4 is 4.74 Å². The summed E-state index contributed by atoms with van der Waals surface area (Å²) in [6.45, 7) is 1.56. The topological polar surface area (TPSA) is 39.2 Å². The number of ether oxygens (including phenoxy) is 1. The smallest absolute Gasteiger partial charge is 0.212 e. The van der Waals surface area contributed by atoms with Crippen molar-refractivity contribution in [2.75, 3.05) is 13.4 Å². The lowest BCUT2D eigenvalue weighted by molar-refractivity contribution is -0.120. The number of thioether (sulfide) groups is 1. The molecular formula is C22H19BrFNO2S. The van der Waals surface area contributed by atoms with E-state index in [0.29, 0.717) is 16.3 Å². The second kappa shape index (κ2) is 8.45. The van der Waals surface area contributed by atoms with Crippen LogP contribution in [0, 0.1) is 5.82 Å². The maximum atomic E-state index is 13.9. The molecule has 2 aromatic carbocycles. The Morgan fingerprint density at radius 1 is 1.11 bits per heavy atom. The van der Waals surface area contributed by atoms with Gasteiger partial charge < -0.3 is 4.74 Å². The highest BCUT2D eigenvalue weighted by Gasteiger charge is 2.43. The molecular weight excluding hydrogens is 441 g/mol. The number of rotatable bonds is 6. The molecule has 0 saturated heterocycles. The van der Waals surface area contributed by atoms with E-state index in [9.17, 15) is 9.18 Å². The number of carbonyl (C=O) groups is 1. The van der Waals surface area contributed by atoms with Crippen LogP contribution in [0.4, 0.5) is 4.39 Å². The highest BCUT2D eigenvalue weighted by Crippen LogP contribution is 2.44. The van der Waals surface area contributed by atoms with Gasteiger partial charge in [0.15, 0.2) is 0 Å². The lowest BCUT2D eigenvalue weighted by Gasteiger charge is -2.34. The largest absolute Gasteiger partial charge is 0.481 e. The monoisotopic (exact) mass is 459 g/mol. The maximum absolute atomic E-state index is 13.9. The van der Waals surface area contributed by atoms with Crippen LogP contribution in [-0.4, -0.2) is 24.1 Å². The molecule has 1 aromatic heterocycles. The number of hydrogen-bond donors (Lipinski definition) is 0. The van der Waals surface area contributed by atoms with Crippen molar-refractivity contribution in [3.05, 3.63) is 87.8 Å². The summed E-state index contributed by atoms with van der Waals surface area (Å²) in [5.74, 6) is 0.0408. The van der Waals surface area contributed by atoms with Crippen molar-refractivity contribution in [2.24, 2.45) is 0 Å². The number of ketones is 1. The lowest BCUT2D eigenvalue weighted by Crippen LogP contribution is -2.37. The Labute approximate surface area is 176 Å². The molecule has 0 amide bonds. The molecule has 6 heteroatoms. The van der Waals surface area contributed by atoms with Crippen LogP contribution in [0.5, 0.6) is 5.88 Å². The number of nitrogens with zero attached hydrogens (tertiary/aromatic N) is 1. The predicted molar refractivity (Wildman–Crippen MR) is 114 cm³/mol. The van der Waals surface area contributed by atoms with Crippen LogP contribution in [-0.2, 0) is 10.2 Å². The van der Waals surface area contributed by atoms with E-state index >= 15 is 0 Å². The molecule has 144 valence electrons. The average molecular weight is 460 g/mol. The zero-order chi connectivity index (χ0) is 20.3. The van der Waals surface area contributed by atoms with Crippen molar-refractivity contribution in [1.82, 2.24) is 4.98 Å². The first-order valence-corrected chi connectivity index (χ1v) is 10.6. The van der Waals surface area contributed by atoms with E-state index in [0.717, 1.165) is 15.6 Å². The summed E-state index contributed by atoms with van der Waals surface area (Å²) in [6.07, 6.45) is 3.52. The molecule has 0 aliphatic heterocycles. The second-order valence-corrected chi connectivity index (χ2v) is 8.01. The second-order valence-electron chi connectivity index (χ2n) is 6.25. The van der Waals surface area contributed by atoms with Crippen LogP contribution in [0.3, 0.4) is 0 Å². The maximum Gasteiger partial charge on any atom is 0.212 e. The van der Waals surface area contributed by atoms with Gasteiger partial charge in [-0.15, -0.1) is 11.8 Å². The standard InChI is InChI=1S/C22H19BrFNO2S/c1-14(26)22(15-4-7-17(23)8-5-15,16-6-11-21(27-2)25-13-16)19-10-9-18(24)12-20(19)28-3/h4-13H,1-3H3. The number of carbonyl (C=O) groups excluding carboxylic acids is 1. The fourth-order valence-electron chi connectivity index (χ4n) is 3.47. The zero-order valence-electron chi connectivity index (χ0n) is 15.7. The van der Waals surface area contributed by atoms with Crippen molar-refractivity contribution in [3.8, 4) is 5.88 Å². The molecule has 1 heterocycles. The Morgan fingerprint density at radius 2 is 1.79 bits per heavy atom. The summed E-state index contributed by atoms with van der Waals surface area (Å²) in [4.78, 5) is 18.3. The van der Waals surface area contributed by atoms with Crippen molar-refractivity contribution in [1.29, 1.82) is 0 Å². The van der Waals surface area contributed by atoms with E-state index in [1.807, 2.05) is 36.6 Å². The number of hydrogen-bond acceptors (Lipinski definition) is 4. The van der Waals surface area contributed by atoms with Gasteiger partial charge >= 0.3 is 0 Å². The molecule has 0 bridgehead atoms. The van der Waals surface area contributed by atoms with Crippen LogP contribution in [0.2, 0.25) is 0 Å². The summed E-state index contributed by atoms with van der Waals surface area (Å²) in [6, 6.07) is 15.7. The van der Waals surface area contributed by atoms with Crippen molar-refractivity contribution in [2.45, 2.75) is 17.2 Å². The highest BCUT2D eigenvalue weighted by molar-refractivity contribution is 9.10. The lowest BCUT2D eigenvalue weighted by atomic mass is 9.67. The Bertz CT molecular complexity index is 992. The van der Waals surface area contributed by atoms with Gasteiger partial charge in [0.1, 0.15) is 17.0 Å². The van der Waals surface area contributed by atoms with Crippen LogP contribution in [0.1, 0.15) is 23.6 Å². The Morgan fingerprint density at radius 3 is 2.32 bits per heavy atom. The van der Waals surface area contributed by atoms with Crippen molar-refractivity contribution in [3.63, 3.8) is 0 Å². The SMILES string of the molecule is COc1ccc(C(C(C)=O)(c2ccc(Br)cc2)c2ccc(F)cc2SC)cn1. The number of halogens is 2. The molecule has 28 heavy (non-hydrogen) atoms. The summed E-state index contributed by atoms with van der Waals surface area (Å²) in [7, 11) is 1.54. The number of aromatic nitrogens is 1. The van der Waals surface area contributed by atoms with Gasteiger partial charge in [-0.05, 0) is 54.1 Å². The van der Waals surface area contributed by atoms with Gasteiger partial charge in [-0.1, -0.05) is 40.2 Å². The van der Waals surface area contributed by atoms with E-state index in [-0.39, 0.29) is 11.6 Å². The number of Topliss-reactive ketones (excluding diaryl/α,β-unsaturated/α-hetero) is 1. The van der Waals surface area contributed by atoms with Crippen LogP contribution in [0.15, 0.2) is 70.2 Å².